The van der Waals surface area contributed by atoms with Gasteiger partial charge in [-0.3, -0.25) is 4.79 Å². The molecule has 0 spiro atoms. The SMILES string of the molecule is Cc1cc(C)cc(N(C)C(=O)c2cc(N)c(Cl)c(Cl)c2)c1. The highest BCUT2D eigenvalue weighted by atomic mass is 35.5. The van der Waals surface area contributed by atoms with Crippen molar-refractivity contribution in [3.05, 3.63) is 57.1 Å². The van der Waals surface area contributed by atoms with Gasteiger partial charge in [-0.2, -0.15) is 0 Å². The second-order valence-corrected chi connectivity index (χ2v) is 5.86. The van der Waals surface area contributed by atoms with Crippen molar-refractivity contribution in [2.75, 3.05) is 17.7 Å². The Kier molecular flexibility index (Phi) is 4.45. The topological polar surface area (TPSA) is 46.3 Å². The predicted molar refractivity (Wildman–Crippen MR) is 89.5 cm³/mol. The first-order valence-electron chi connectivity index (χ1n) is 6.40. The minimum absolute atomic E-state index is 0.190. The van der Waals surface area contributed by atoms with E-state index in [1.54, 1.807) is 11.9 Å². The van der Waals surface area contributed by atoms with E-state index in [-0.39, 0.29) is 16.0 Å². The van der Waals surface area contributed by atoms with E-state index in [9.17, 15) is 4.79 Å². The van der Waals surface area contributed by atoms with Crippen LogP contribution in [0.1, 0.15) is 21.5 Å². The number of hydrogen-bond acceptors (Lipinski definition) is 2. The summed E-state index contributed by atoms with van der Waals surface area (Å²) in [6.07, 6.45) is 0. The van der Waals surface area contributed by atoms with Crippen LogP contribution in [0.15, 0.2) is 30.3 Å². The standard InChI is InChI=1S/C16H16Cl2N2O/c1-9-4-10(2)6-12(5-9)20(3)16(21)11-7-13(17)15(18)14(19)8-11/h4-8H,19H2,1-3H3. The van der Waals surface area contributed by atoms with Crippen LogP contribution in [0.2, 0.25) is 10.0 Å². The number of hydrogen-bond donors (Lipinski definition) is 1. The van der Waals surface area contributed by atoms with E-state index in [0.29, 0.717) is 11.3 Å². The van der Waals surface area contributed by atoms with Crippen LogP contribution in [0.25, 0.3) is 0 Å². The molecule has 0 saturated carbocycles. The highest BCUT2D eigenvalue weighted by Crippen LogP contribution is 2.30. The van der Waals surface area contributed by atoms with Crippen LogP contribution in [0.4, 0.5) is 11.4 Å². The summed E-state index contributed by atoms with van der Waals surface area (Å²) in [5.74, 6) is -0.190. The van der Waals surface area contributed by atoms with Gasteiger partial charge in [-0.25, -0.2) is 0 Å². The van der Waals surface area contributed by atoms with Gasteiger partial charge in [-0.05, 0) is 49.2 Å². The molecule has 3 nitrogen and oxygen atoms in total. The lowest BCUT2D eigenvalue weighted by Gasteiger charge is -2.19. The van der Waals surface area contributed by atoms with Crippen LogP contribution < -0.4 is 10.6 Å². The van der Waals surface area contributed by atoms with Crippen molar-refractivity contribution >= 4 is 40.5 Å². The molecule has 0 bridgehead atoms. The molecule has 1 amide bonds. The van der Waals surface area contributed by atoms with E-state index in [2.05, 4.69) is 6.07 Å². The van der Waals surface area contributed by atoms with Gasteiger partial charge in [0.05, 0.1) is 15.7 Å². The normalized spacial score (nSPS) is 10.5. The monoisotopic (exact) mass is 322 g/mol. The number of benzene rings is 2. The fourth-order valence-corrected chi connectivity index (χ4v) is 2.52. The van der Waals surface area contributed by atoms with Crippen molar-refractivity contribution in [3.63, 3.8) is 0 Å². The summed E-state index contributed by atoms with van der Waals surface area (Å²) in [7, 11) is 1.72. The van der Waals surface area contributed by atoms with Crippen molar-refractivity contribution in [2.45, 2.75) is 13.8 Å². The summed E-state index contributed by atoms with van der Waals surface area (Å²) in [5.41, 5.74) is 9.47. The van der Waals surface area contributed by atoms with E-state index in [0.717, 1.165) is 16.8 Å². The van der Waals surface area contributed by atoms with Crippen molar-refractivity contribution in [2.24, 2.45) is 0 Å². The molecule has 0 aliphatic heterocycles. The molecule has 0 atom stereocenters. The lowest BCUT2D eigenvalue weighted by atomic mass is 10.1. The van der Waals surface area contributed by atoms with Gasteiger partial charge in [0.25, 0.3) is 5.91 Å². The fourth-order valence-electron chi connectivity index (χ4n) is 2.19. The molecule has 0 saturated heterocycles. The molecular weight excluding hydrogens is 307 g/mol. The number of nitrogen functional groups attached to an aromatic ring is 1. The molecule has 0 fully saturated rings. The number of halogens is 2. The number of carbonyl (C=O) groups excluding carboxylic acids is 1. The van der Waals surface area contributed by atoms with Gasteiger partial charge in [-0.15, -0.1) is 0 Å². The molecule has 0 aliphatic rings. The molecule has 0 unspecified atom stereocenters. The summed E-state index contributed by atoms with van der Waals surface area (Å²) < 4.78 is 0. The quantitative estimate of drug-likeness (QED) is 0.829. The van der Waals surface area contributed by atoms with E-state index < -0.39 is 0 Å². The fraction of sp³-hybridized carbons (Fsp3) is 0.188. The largest absolute Gasteiger partial charge is 0.397 e. The number of nitrogens with two attached hydrogens (primary N) is 1. The van der Waals surface area contributed by atoms with Crippen LogP contribution in [-0.2, 0) is 0 Å². The number of nitrogens with zero attached hydrogens (tertiary/aromatic N) is 1. The van der Waals surface area contributed by atoms with Crippen LogP contribution in [0.3, 0.4) is 0 Å². The summed E-state index contributed by atoms with van der Waals surface area (Å²) in [6, 6.07) is 9.02. The van der Waals surface area contributed by atoms with E-state index in [1.165, 1.54) is 12.1 Å². The van der Waals surface area contributed by atoms with Crippen molar-refractivity contribution in [3.8, 4) is 0 Å². The number of amides is 1. The number of carbonyl (C=O) groups is 1. The molecule has 2 aromatic rings. The van der Waals surface area contributed by atoms with Gasteiger partial charge in [0, 0.05) is 18.3 Å². The number of rotatable bonds is 2. The molecular formula is C16H16Cl2N2O. The molecule has 5 heteroatoms. The molecule has 2 aromatic carbocycles. The zero-order valence-electron chi connectivity index (χ0n) is 12.1. The molecule has 21 heavy (non-hydrogen) atoms. The van der Waals surface area contributed by atoms with Gasteiger partial charge in [-0.1, -0.05) is 29.3 Å². The highest BCUT2D eigenvalue weighted by molar-refractivity contribution is 6.44. The maximum atomic E-state index is 12.6. The van der Waals surface area contributed by atoms with Crippen LogP contribution in [0.5, 0.6) is 0 Å². The number of aryl methyl sites for hydroxylation is 2. The second-order valence-electron chi connectivity index (χ2n) is 5.07. The van der Waals surface area contributed by atoms with Crippen LogP contribution in [0, 0.1) is 13.8 Å². The molecule has 2 rings (SSSR count). The Morgan fingerprint density at radius 3 is 2.14 bits per heavy atom. The lowest BCUT2D eigenvalue weighted by Crippen LogP contribution is -2.26. The maximum Gasteiger partial charge on any atom is 0.258 e. The zero-order valence-corrected chi connectivity index (χ0v) is 13.6. The minimum Gasteiger partial charge on any atom is -0.397 e. The molecule has 0 aromatic heterocycles. The average molecular weight is 323 g/mol. The van der Waals surface area contributed by atoms with Gasteiger partial charge in [0.2, 0.25) is 0 Å². The summed E-state index contributed by atoms with van der Waals surface area (Å²) >= 11 is 11.9. The van der Waals surface area contributed by atoms with Gasteiger partial charge < -0.3 is 10.6 Å². The summed E-state index contributed by atoms with van der Waals surface area (Å²) in [4.78, 5) is 14.1. The average Bonchev–Trinajstić information content (AvgIpc) is 2.41. The first-order chi connectivity index (χ1) is 9.79. The Labute approximate surface area is 134 Å². The van der Waals surface area contributed by atoms with Crippen LogP contribution >= 0.6 is 23.2 Å². The Morgan fingerprint density at radius 1 is 1.05 bits per heavy atom. The van der Waals surface area contributed by atoms with Crippen LogP contribution in [-0.4, -0.2) is 13.0 Å². The van der Waals surface area contributed by atoms with Gasteiger partial charge >= 0.3 is 0 Å². The molecule has 0 heterocycles. The third-order valence-corrected chi connectivity index (χ3v) is 4.02. The number of anilines is 2. The third-order valence-electron chi connectivity index (χ3n) is 3.20. The zero-order chi connectivity index (χ0) is 15.7. The molecule has 0 aliphatic carbocycles. The first-order valence-corrected chi connectivity index (χ1v) is 7.16. The summed E-state index contributed by atoms with van der Waals surface area (Å²) in [6.45, 7) is 3.98. The first kappa shape index (κ1) is 15.7. The Balaban J connectivity index is 2.39. The maximum absolute atomic E-state index is 12.6. The second kappa shape index (κ2) is 5.96. The summed E-state index contributed by atoms with van der Waals surface area (Å²) in [5, 5.41) is 0.538. The van der Waals surface area contributed by atoms with E-state index in [1.807, 2.05) is 26.0 Å². The molecule has 110 valence electrons. The van der Waals surface area contributed by atoms with Crippen molar-refractivity contribution in [1.82, 2.24) is 0 Å². The van der Waals surface area contributed by atoms with Crippen molar-refractivity contribution in [1.29, 1.82) is 0 Å². The lowest BCUT2D eigenvalue weighted by molar-refractivity contribution is 0.0993. The Bertz CT molecular complexity index is 670. The Morgan fingerprint density at radius 2 is 1.62 bits per heavy atom. The Hall–Kier alpha value is -1.71. The highest BCUT2D eigenvalue weighted by Gasteiger charge is 2.17. The smallest absolute Gasteiger partial charge is 0.258 e. The molecule has 2 N–H and O–H groups in total. The minimum atomic E-state index is -0.190. The third kappa shape index (κ3) is 3.31. The van der Waals surface area contributed by atoms with E-state index in [4.69, 9.17) is 28.9 Å². The van der Waals surface area contributed by atoms with Gasteiger partial charge in [0.15, 0.2) is 0 Å². The van der Waals surface area contributed by atoms with Gasteiger partial charge in [0.1, 0.15) is 0 Å². The van der Waals surface area contributed by atoms with Crippen molar-refractivity contribution < 1.29 is 4.79 Å². The molecule has 0 radical (unpaired) electrons. The van der Waals surface area contributed by atoms with E-state index >= 15 is 0 Å². The predicted octanol–water partition coefficient (Wildman–Crippen LogP) is 4.47.